The predicted molar refractivity (Wildman–Crippen MR) is 115 cm³/mol. The van der Waals surface area contributed by atoms with Crippen LogP contribution in [-0.2, 0) is 11.3 Å². The van der Waals surface area contributed by atoms with Crippen LogP contribution in [0.15, 0.2) is 60.7 Å². The average Bonchev–Trinajstić information content (AvgIpc) is 3.00. The van der Waals surface area contributed by atoms with Gasteiger partial charge in [0.1, 0.15) is 11.5 Å². The second-order valence-corrected chi connectivity index (χ2v) is 7.34. The van der Waals surface area contributed by atoms with Crippen LogP contribution in [0.1, 0.15) is 40.9 Å². The predicted octanol–water partition coefficient (Wildman–Crippen LogP) is 4.80. The molecule has 1 aromatic heterocycles. The van der Waals surface area contributed by atoms with Crippen LogP contribution in [0.2, 0.25) is 0 Å². The van der Waals surface area contributed by atoms with Gasteiger partial charge in [0.15, 0.2) is 5.78 Å². The number of allylic oxidation sites excluding steroid dienone is 4. The van der Waals surface area contributed by atoms with Crippen LogP contribution in [0.3, 0.4) is 0 Å². The maximum Gasteiger partial charge on any atom is 0.353 e. The molecule has 2 aromatic carbocycles. The lowest BCUT2D eigenvalue weighted by Gasteiger charge is -2.11. The Morgan fingerprint density at radius 2 is 1.93 bits per heavy atom. The zero-order valence-corrected chi connectivity index (χ0v) is 16.3. The molecule has 3 aromatic rings. The minimum atomic E-state index is -1.14. The molecular formula is C24H21FN2O3. The molecule has 0 amide bonds. The number of nitrogens with two attached hydrogens (primary N) is 1. The van der Waals surface area contributed by atoms with Crippen LogP contribution >= 0.6 is 0 Å². The molecule has 0 fully saturated rings. The summed E-state index contributed by atoms with van der Waals surface area (Å²) >= 11 is 0. The van der Waals surface area contributed by atoms with Gasteiger partial charge in [-0.1, -0.05) is 30.4 Å². The van der Waals surface area contributed by atoms with Gasteiger partial charge in [0.25, 0.3) is 0 Å². The summed E-state index contributed by atoms with van der Waals surface area (Å²) in [6.45, 7) is 0.222. The van der Waals surface area contributed by atoms with Crippen molar-refractivity contribution < 1.29 is 19.1 Å². The Kier molecular flexibility index (Phi) is 5.23. The summed E-state index contributed by atoms with van der Waals surface area (Å²) in [5.41, 5.74) is 8.65. The number of carbonyl (C=O) groups excluding carboxylic acids is 1. The number of anilines is 1. The summed E-state index contributed by atoms with van der Waals surface area (Å²) in [6, 6.07) is 11.1. The minimum Gasteiger partial charge on any atom is -0.477 e. The van der Waals surface area contributed by atoms with Gasteiger partial charge in [-0.25, -0.2) is 9.18 Å². The van der Waals surface area contributed by atoms with Crippen molar-refractivity contribution in [3.63, 3.8) is 0 Å². The molecule has 0 unspecified atom stereocenters. The molecule has 0 aliphatic heterocycles. The van der Waals surface area contributed by atoms with E-state index in [0.717, 1.165) is 12.0 Å². The fraction of sp³-hybridized carbons (Fsp3) is 0.167. The number of hydrogen-bond acceptors (Lipinski definition) is 3. The van der Waals surface area contributed by atoms with Gasteiger partial charge in [-0.15, -0.1) is 0 Å². The largest absolute Gasteiger partial charge is 0.477 e. The first-order valence-corrected chi connectivity index (χ1v) is 9.75. The first-order valence-electron chi connectivity index (χ1n) is 9.75. The lowest BCUT2D eigenvalue weighted by atomic mass is 9.93. The molecule has 1 heterocycles. The highest BCUT2D eigenvalue weighted by Crippen LogP contribution is 2.35. The van der Waals surface area contributed by atoms with Gasteiger partial charge in [0, 0.05) is 40.7 Å². The average molecular weight is 404 g/mol. The first-order chi connectivity index (χ1) is 14.5. The van der Waals surface area contributed by atoms with Gasteiger partial charge < -0.3 is 15.4 Å². The molecule has 1 aliphatic rings. The Bertz CT molecular complexity index is 1200. The van der Waals surface area contributed by atoms with Crippen LogP contribution in [0.4, 0.5) is 10.1 Å². The third-order valence-electron chi connectivity index (χ3n) is 5.29. The van der Waals surface area contributed by atoms with E-state index in [9.17, 15) is 19.1 Å². The lowest BCUT2D eigenvalue weighted by molar-refractivity contribution is -0.113. The Morgan fingerprint density at radius 3 is 2.67 bits per heavy atom. The summed E-state index contributed by atoms with van der Waals surface area (Å²) in [6.07, 6.45) is 7.33. The number of aromatic nitrogens is 1. The molecule has 1 aliphatic carbocycles. The summed E-state index contributed by atoms with van der Waals surface area (Å²) in [7, 11) is 0. The van der Waals surface area contributed by atoms with Crippen molar-refractivity contribution in [3.05, 3.63) is 83.3 Å². The number of halogens is 1. The second kappa shape index (κ2) is 7.99. The van der Waals surface area contributed by atoms with E-state index in [-0.39, 0.29) is 23.8 Å². The Balaban J connectivity index is 2.00. The molecule has 0 saturated heterocycles. The second-order valence-electron chi connectivity index (χ2n) is 7.34. The molecule has 0 bridgehead atoms. The van der Waals surface area contributed by atoms with E-state index in [1.165, 1.54) is 12.1 Å². The van der Waals surface area contributed by atoms with Gasteiger partial charge in [0.2, 0.25) is 0 Å². The molecule has 30 heavy (non-hydrogen) atoms. The molecule has 6 heteroatoms. The van der Waals surface area contributed by atoms with Gasteiger partial charge in [-0.05, 0) is 48.7 Å². The monoisotopic (exact) mass is 404 g/mol. The van der Waals surface area contributed by atoms with E-state index >= 15 is 0 Å². The van der Waals surface area contributed by atoms with Crippen molar-refractivity contribution in [3.8, 4) is 0 Å². The zero-order valence-electron chi connectivity index (χ0n) is 16.3. The topological polar surface area (TPSA) is 85.3 Å². The van der Waals surface area contributed by atoms with Crippen molar-refractivity contribution in [1.82, 2.24) is 4.57 Å². The standard InChI is InChI=1S/C24H21FN2O3/c25-16-9-7-15(8-10-16)14-27-20-12-11-17(26)13-19(20)22(23(27)24(29)30)18-5-3-1-2-4-6-21(18)28/h1,3,5,7-13H,2,4,6,14,26H2,(H,29,30)/b3-1-,18-5+. The quantitative estimate of drug-likeness (QED) is 0.612. The Hall–Kier alpha value is -3.67. The zero-order chi connectivity index (χ0) is 21.3. The highest BCUT2D eigenvalue weighted by Gasteiger charge is 2.27. The number of carbonyl (C=O) groups is 2. The number of ketones is 1. The van der Waals surface area contributed by atoms with E-state index in [1.807, 2.05) is 6.08 Å². The number of carboxylic acid groups (broad SMARTS) is 1. The van der Waals surface area contributed by atoms with E-state index in [2.05, 4.69) is 0 Å². The SMILES string of the molecule is Nc1ccc2c(c1)c(/C1=C/C=C\CCCC1=O)c(C(=O)O)n2Cc1ccc(F)cc1. The van der Waals surface area contributed by atoms with Crippen LogP contribution in [0.25, 0.3) is 16.5 Å². The Morgan fingerprint density at radius 1 is 1.17 bits per heavy atom. The third kappa shape index (κ3) is 3.64. The number of benzene rings is 2. The van der Waals surface area contributed by atoms with E-state index in [0.29, 0.717) is 40.6 Å². The molecule has 3 N–H and O–H groups in total. The summed E-state index contributed by atoms with van der Waals surface area (Å²) in [4.78, 5) is 25.3. The molecule has 0 atom stereocenters. The fourth-order valence-corrected chi connectivity index (χ4v) is 3.90. The molecular weight excluding hydrogens is 383 g/mol. The molecule has 4 rings (SSSR count). The van der Waals surface area contributed by atoms with Crippen molar-refractivity contribution in [1.29, 1.82) is 0 Å². The molecule has 0 radical (unpaired) electrons. The van der Waals surface area contributed by atoms with Crippen molar-refractivity contribution in [2.45, 2.75) is 25.8 Å². The summed E-state index contributed by atoms with van der Waals surface area (Å²) in [5, 5.41) is 10.7. The van der Waals surface area contributed by atoms with Crippen molar-refractivity contribution in [2.75, 3.05) is 5.73 Å². The van der Waals surface area contributed by atoms with Gasteiger partial charge in [-0.3, -0.25) is 4.79 Å². The van der Waals surface area contributed by atoms with Gasteiger partial charge in [0.05, 0.1) is 0 Å². The van der Waals surface area contributed by atoms with Gasteiger partial charge in [-0.2, -0.15) is 0 Å². The third-order valence-corrected chi connectivity index (χ3v) is 5.29. The number of fused-ring (bicyclic) bond motifs is 1. The highest BCUT2D eigenvalue weighted by molar-refractivity contribution is 6.26. The van der Waals surface area contributed by atoms with Crippen LogP contribution in [0, 0.1) is 5.82 Å². The number of nitrogens with zero attached hydrogens (tertiary/aromatic N) is 1. The number of carboxylic acids is 1. The van der Waals surface area contributed by atoms with Crippen molar-refractivity contribution >= 4 is 33.9 Å². The number of nitrogen functional groups attached to an aromatic ring is 1. The minimum absolute atomic E-state index is 0.0218. The summed E-state index contributed by atoms with van der Waals surface area (Å²) < 4.78 is 15.0. The lowest BCUT2D eigenvalue weighted by Crippen LogP contribution is -2.13. The van der Waals surface area contributed by atoms with Crippen molar-refractivity contribution in [2.24, 2.45) is 0 Å². The maximum atomic E-state index is 13.3. The fourth-order valence-electron chi connectivity index (χ4n) is 3.90. The molecule has 5 nitrogen and oxygen atoms in total. The van der Waals surface area contributed by atoms with E-state index in [4.69, 9.17) is 5.73 Å². The number of hydrogen-bond donors (Lipinski definition) is 2. The molecule has 0 spiro atoms. The van der Waals surface area contributed by atoms with E-state index in [1.54, 1.807) is 47.1 Å². The molecule has 152 valence electrons. The van der Waals surface area contributed by atoms with Gasteiger partial charge >= 0.3 is 5.97 Å². The van der Waals surface area contributed by atoms with Crippen LogP contribution in [-0.4, -0.2) is 21.4 Å². The number of Topliss-reactive ketones (excluding diaryl/α,β-unsaturated/α-hetero) is 1. The molecule has 0 saturated carbocycles. The van der Waals surface area contributed by atoms with Crippen LogP contribution < -0.4 is 5.73 Å². The smallest absolute Gasteiger partial charge is 0.353 e. The Labute approximate surface area is 172 Å². The number of aromatic carboxylic acids is 1. The normalized spacial score (nSPS) is 17.2. The summed E-state index contributed by atoms with van der Waals surface area (Å²) in [5.74, 6) is -1.59. The van der Waals surface area contributed by atoms with E-state index < -0.39 is 5.97 Å². The highest BCUT2D eigenvalue weighted by atomic mass is 19.1. The first kappa shape index (κ1) is 19.6. The van der Waals surface area contributed by atoms with Crippen LogP contribution in [0.5, 0.6) is 0 Å². The number of rotatable bonds is 4. The maximum absolute atomic E-state index is 13.3.